The van der Waals surface area contributed by atoms with Gasteiger partial charge in [0.2, 0.25) is 5.91 Å². The van der Waals surface area contributed by atoms with Crippen molar-refractivity contribution in [1.82, 2.24) is 15.2 Å². The zero-order valence-electron chi connectivity index (χ0n) is 11.9. The van der Waals surface area contributed by atoms with E-state index in [9.17, 15) is 4.79 Å². The number of nitrogens with zero attached hydrogens (tertiary/aromatic N) is 1. The normalized spacial score (nSPS) is 14.7. The molecular weight excluding hydrogens is 250 g/mol. The summed E-state index contributed by atoms with van der Waals surface area (Å²) in [6.45, 7) is 1.53. The van der Waals surface area contributed by atoms with E-state index in [1.54, 1.807) is 0 Å². The molecule has 0 radical (unpaired) electrons. The predicted molar refractivity (Wildman–Crippen MR) is 80.4 cm³/mol. The average molecular weight is 271 g/mol. The molecule has 0 bridgehead atoms. The molecule has 3 rings (SSSR count). The topological polar surface area (TPSA) is 46.1 Å². The number of para-hydroxylation sites is 1. The molecule has 2 N–H and O–H groups in total. The van der Waals surface area contributed by atoms with Gasteiger partial charge in [-0.25, -0.2) is 0 Å². The number of carbonyl (C=O) groups is 1. The van der Waals surface area contributed by atoms with Crippen LogP contribution in [0.5, 0.6) is 0 Å². The number of nitrogens with one attached hydrogen (secondary N) is 2. The third-order valence-electron chi connectivity index (χ3n) is 3.77. The second kappa shape index (κ2) is 5.67. The largest absolute Gasteiger partial charge is 0.353 e. The Morgan fingerprint density at radius 1 is 1.35 bits per heavy atom. The zero-order valence-corrected chi connectivity index (χ0v) is 11.9. The van der Waals surface area contributed by atoms with E-state index in [1.807, 2.05) is 0 Å². The summed E-state index contributed by atoms with van der Waals surface area (Å²) in [4.78, 5) is 11.6. The fraction of sp³-hybridized carbons (Fsp3) is 0.438. The van der Waals surface area contributed by atoms with Gasteiger partial charge in [0.25, 0.3) is 0 Å². The minimum Gasteiger partial charge on any atom is -0.353 e. The molecule has 1 aliphatic rings. The highest BCUT2D eigenvalue weighted by Gasteiger charge is 2.22. The monoisotopic (exact) mass is 271 g/mol. The standard InChI is InChI=1S/C16H21N3O/c1-19-11-12(14-4-2-3-5-15(14)19)10-17-9-8-16(20)18-13-6-7-13/h2-5,11,13,17H,6-10H2,1H3,(H,18,20). The van der Waals surface area contributed by atoms with Crippen LogP contribution >= 0.6 is 0 Å². The number of amides is 1. The Balaban J connectivity index is 1.50. The van der Waals surface area contributed by atoms with Crippen LogP contribution in [-0.2, 0) is 18.4 Å². The Bertz CT molecular complexity index is 613. The van der Waals surface area contributed by atoms with Crippen LogP contribution in [0.4, 0.5) is 0 Å². The van der Waals surface area contributed by atoms with Gasteiger partial charge in [0.15, 0.2) is 0 Å². The van der Waals surface area contributed by atoms with Crippen molar-refractivity contribution >= 4 is 16.8 Å². The lowest BCUT2D eigenvalue weighted by atomic mass is 10.2. The SMILES string of the molecule is Cn1cc(CNCCC(=O)NC2CC2)c2ccccc21. The number of rotatable bonds is 6. The second-order valence-electron chi connectivity index (χ2n) is 5.55. The molecule has 4 nitrogen and oxygen atoms in total. The van der Waals surface area contributed by atoms with Crippen LogP contribution < -0.4 is 10.6 Å². The molecule has 1 aromatic heterocycles. The van der Waals surface area contributed by atoms with E-state index in [2.05, 4.69) is 52.7 Å². The Morgan fingerprint density at radius 2 is 2.15 bits per heavy atom. The molecule has 0 aliphatic heterocycles. The highest BCUT2D eigenvalue weighted by Crippen LogP contribution is 2.20. The Hall–Kier alpha value is -1.81. The number of carbonyl (C=O) groups excluding carboxylic acids is 1. The zero-order chi connectivity index (χ0) is 13.9. The van der Waals surface area contributed by atoms with E-state index in [4.69, 9.17) is 0 Å². The number of fused-ring (bicyclic) bond motifs is 1. The molecular formula is C16H21N3O. The van der Waals surface area contributed by atoms with Gasteiger partial charge in [0.1, 0.15) is 0 Å². The lowest BCUT2D eigenvalue weighted by Gasteiger charge is -2.05. The van der Waals surface area contributed by atoms with Gasteiger partial charge in [-0.15, -0.1) is 0 Å². The molecule has 1 heterocycles. The molecule has 1 aromatic carbocycles. The molecule has 0 spiro atoms. The molecule has 0 unspecified atom stereocenters. The van der Waals surface area contributed by atoms with Crippen LogP contribution in [0, 0.1) is 0 Å². The van der Waals surface area contributed by atoms with Crippen LogP contribution in [0.15, 0.2) is 30.5 Å². The third kappa shape index (κ3) is 3.02. The van der Waals surface area contributed by atoms with Crippen LogP contribution in [0.25, 0.3) is 10.9 Å². The van der Waals surface area contributed by atoms with Gasteiger partial charge in [-0.2, -0.15) is 0 Å². The maximum absolute atomic E-state index is 11.6. The minimum atomic E-state index is 0.165. The van der Waals surface area contributed by atoms with Crippen molar-refractivity contribution in [3.63, 3.8) is 0 Å². The number of hydrogen-bond donors (Lipinski definition) is 2. The first-order valence-electron chi connectivity index (χ1n) is 7.27. The summed E-state index contributed by atoms with van der Waals surface area (Å²) >= 11 is 0. The van der Waals surface area contributed by atoms with E-state index >= 15 is 0 Å². The Morgan fingerprint density at radius 3 is 2.95 bits per heavy atom. The number of aryl methyl sites for hydroxylation is 1. The first-order chi connectivity index (χ1) is 9.74. The van der Waals surface area contributed by atoms with Crippen molar-refractivity contribution in [1.29, 1.82) is 0 Å². The Labute approximate surface area is 119 Å². The average Bonchev–Trinajstić information content (AvgIpc) is 3.20. The summed E-state index contributed by atoms with van der Waals surface area (Å²) in [5.41, 5.74) is 2.53. The molecule has 20 heavy (non-hydrogen) atoms. The van der Waals surface area contributed by atoms with Crippen molar-refractivity contribution in [2.24, 2.45) is 7.05 Å². The number of hydrogen-bond acceptors (Lipinski definition) is 2. The summed E-state index contributed by atoms with van der Waals surface area (Å²) in [6.07, 6.45) is 5.01. The van der Waals surface area contributed by atoms with Crippen LogP contribution in [0.1, 0.15) is 24.8 Å². The van der Waals surface area contributed by atoms with Crippen LogP contribution in [0.2, 0.25) is 0 Å². The summed E-state index contributed by atoms with van der Waals surface area (Å²) in [5.74, 6) is 0.165. The van der Waals surface area contributed by atoms with E-state index in [1.165, 1.54) is 16.5 Å². The third-order valence-corrected chi connectivity index (χ3v) is 3.77. The highest BCUT2D eigenvalue weighted by atomic mass is 16.1. The molecule has 4 heteroatoms. The molecule has 1 fully saturated rings. The minimum absolute atomic E-state index is 0.165. The van der Waals surface area contributed by atoms with E-state index in [0.717, 1.165) is 25.9 Å². The van der Waals surface area contributed by atoms with E-state index < -0.39 is 0 Å². The van der Waals surface area contributed by atoms with Gasteiger partial charge in [-0.05, 0) is 24.5 Å². The van der Waals surface area contributed by atoms with Crippen LogP contribution in [0.3, 0.4) is 0 Å². The molecule has 1 amide bonds. The van der Waals surface area contributed by atoms with Gasteiger partial charge in [0.05, 0.1) is 0 Å². The highest BCUT2D eigenvalue weighted by molar-refractivity contribution is 5.83. The fourth-order valence-electron chi connectivity index (χ4n) is 2.52. The van der Waals surface area contributed by atoms with E-state index in [0.29, 0.717) is 12.5 Å². The first-order valence-corrected chi connectivity index (χ1v) is 7.27. The summed E-state index contributed by atoms with van der Waals surface area (Å²) in [5, 5.41) is 7.64. The van der Waals surface area contributed by atoms with Crippen molar-refractivity contribution < 1.29 is 4.79 Å². The second-order valence-corrected chi connectivity index (χ2v) is 5.55. The van der Waals surface area contributed by atoms with Gasteiger partial charge in [-0.1, -0.05) is 18.2 Å². The Kier molecular flexibility index (Phi) is 3.74. The predicted octanol–water partition coefficient (Wildman–Crippen LogP) is 1.94. The van der Waals surface area contributed by atoms with Crippen molar-refractivity contribution in [3.05, 3.63) is 36.0 Å². The number of aromatic nitrogens is 1. The molecule has 2 aromatic rings. The molecule has 1 saturated carbocycles. The van der Waals surface area contributed by atoms with Crippen molar-refractivity contribution in [3.8, 4) is 0 Å². The molecule has 106 valence electrons. The quantitative estimate of drug-likeness (QED) is 0.789. The lowest BCUT2D eigenvalue weighted by Crippen LogP contribution is -2.28. The first kappa shape index (κ1) is 13.2. The maximum Gasteiger partial charge on any atom is 0.221 e. The number of benzene rings is 1. The van der Waals surface area contributed by atoms with Crippen LogP contribution in [-0.4, -0.2) is 23.1 Å². The van der Waals surface area contributed by atoms with E-state index in [-0.39, 0.29) is 5.91 Å². The molecule has 0 atom stereocenters. The summed E-state index contributed by atoms with van der Waals surface area (Å²) in [7, 11) is 2.06. The molecule has 1 aliphatic carbocycles. The van der Waals surface area contributed by atoms with Crippen molar-refractivity contribution in [2.75, 3.05) is 6.54 Å². The van der Waals surface area contributed by atoms with Gasteiger partial charge in [0, 0.05) is 49.7 Å². The summed E-state index contributed by atoms with van der Waals surface area (Å²) in [6, 6.07) is 8.85. The smallest absolute Gasteiger partial charge is 0.221 e. The van der Waals surface area contributed by atoms with Gasteiger partial charge >= 0.3 is 0 Å². The van der Waals surface area contributed by atoms with Crippen molar-refractivity contribution in [2.45, 2.75) is 31.8 Å². The fourth-order valence-corrected chi connectivity index (χ4v) is 2.52. The summed E-state index contributed by atoms with van der Waals surface area (Å²) < 4.78 is 2.14. The molecule has 0 saturated heterocycles. The maximum atomic E-state index is 11.6. The van der Waals surface area contributed by atoms with Gasteiger partial charge in [-0.3, -0.25) is 4.79 Å². The lowest BCUT2D eigenvalue weighted by molar-refractivity contribution is -0.121. The van der Waals surface area contributed by atoms with Gasteiger partial charge < -0.3 is 15.2 Å².